The summed E-state index contributed by atoms with van der Waals surface area (Å²) in [5.41, 5.74) is 0. The SMILES string of the molecule is CN=C(NCCOC1CCCCCC1)NC1CC1C. The molecule has 0 aromatic carbocycles. The number of hydrogen-bond donors (Lipinski definition) is 2. The maximum atomic E-state index is 5.95. The van der Waals surface area contributed by atoms with E-state index in [2.05, 4.69) is 22.5 Å². The Morgan fingerprint density at radius 2 is 1.89 bits per heavy atom. The lowest BCUT2D eigenvalue weighted by Crippen LogP contribution is -2.40. The van der Waals surface area contributed by atoms with Crippen LogP contribution < -0.4 is 10.6 Å². The molecular formula is C15H29N3O. The summed E-state index contributed by atoms with van der Waals surface area (Å²) in [6, 6.07) is 0.619. The molecule has 0 aromatic rings. The van der Waals surface area contributed by atoms with Gasteiger partial charge in [0.15, 0.2) is 5.96 Å². The van der Waals surface area contributed by atoms with Crippen molar-refractivity contribution in [3.8, 4) is 0 Å². The number of nitrogens with one attached hydrogen (secondary N) is 2. The molecule has 4 nitrogen and oxygen atoms in total. The zero-order valence-electron chi connectivity index (χ0n) is 12.5. The number of guanidine groups is 1. The van der Waals surface area contributed by atoms with E-state index >= 15 is 0 Å². The van der Waals surface area contributed by atoms with Crippen LogP contribution in [0.25, 0.3) is 0 Å². The molecule has 0 spiro atoms. The Hall–Kier alpha value is -0.770. The van der Waals surface area contributed by atoms with Gasteiger partial charge in [-0.1, -0.05) is 32.6 Å². The van der Waals surface area contributed by atoms with E-state index in [1.807, 2.05) is 7.05 Å². The molecule has 2 N–H and O–H groups in total. The lowest BCUT2D eigenvalue weighted by atomic mass is 10.1. The predicted octanol–water partition coefficient (Wildman–Crippen LogP) is 2.30. The Morgan fingerprint density at radius 3 is 2.47 bits per heavy atom. The highest BCUT2D eigenvalue weighted by Gasteiger charge is 2.33. The van der Waals surface area contributed by atoms with Gasteiger partial charge < -0.3 is 15.4 Å². The molecule has 2 atom stereocenters. The predicted molar refractivity (Wildman–Crippen MR) is 79.5 cm³/mol. The largest absolute Gasteiger partial charge is 0.376 e. The Kier molecular flexibility index (Phi) is 5.95. The van der Waals surface area contributed by atoms with Gasteiger partial charge in [-0.05, 0) is 25.2 Å². The minimum atomic E-state index is 0.489. The monoisotopic (exact) mass is 267 g/mol. The lowest BCUT2D eigenvalue weighted by Gasteiger charge is -2.16. The zero-order chi connectivity index (χ0) is 13.5. The van der Waals surface area contributed by atoms with Crippen LogP contribution >= 0.6 is 0 Å². The molecule has 0 aliphatic heterocycles. The normalized spacial score (nSPS) is 28.8. The second kappa shape index (κ2) is 7.73. The summed E-state index contributed by atoms with van der Waals surface area (Å²) in [6.45, 7) is 3.89. The van der Waals surface area contributed by atoms with Crippen molar-refractivity contribution < 1.29 is 4.74 Å². The van der Waals surface area contributed by atoms with Crippen LogP contribution in [0.4, 0.5) is 0 Å². The Morgan fingerprint density at radius 1 is 1.21 bits per heavy atom. The van der Waals surface area contributed by atoms with E-state index in [1.165, 1.54) is 44.9 Å². The van der Waals surface area contributed by atoms with Gasteiger partial charge in [-0.15, -0.1) is 0 Å². The minimum Gasteiger partial charge on any atom is -0.376 e. The van der Waals surface area contributed by atoms with Crippen LogP contribution in [-0.2, 0) is 4.74 Å². The fourth-order valence-electron chi connectivity index (χ4n) is 2.70. The van der Waals surface area contributed by atoms with Gasteiger partial charge in [0.25, 0.3) is 0 Å². The standard InChI is InChI=1S/C15H29N3O/c1-12-11-14(12)18-15(16-2)17-9-10-19-13-7-5-3-4-6-8-13/h12-14H,3-11H2,1-2H3,(H2,16,17,18). The fourth-order valence-corrected chi connectivity index (χ4v) is 2.70. The summed E-state index contributed by atoms with van der Waals surface area (Å²) in [5.74, 6) is 1.71. The first-order chi connectivity index (χ1) is 9.29. The van der Waals surface area contributed by atoms with E-state index in [0.29, 0.717) is 12.1 Å². The van der Waals surface area contributed by atoms with Crippen LogP contribution in [-0.4, -0.2) is 38.3 Å². The van der Waals surface area contributed by atoms with Crippen molar-refractivity contribution in [3.05, 3.63) is 0 Å². The van der Waals surface area contributed by atoms with Crippen LogP contribution in [0, 0.1) is 5.92 Å². The van der Waals surface area contributed by atoms with Crippen LogP contribution in [0.5, 0.6) is 0 Å². The van der Waals surface area contributed by atoms with Crippen molar-refractivity contribution in [2.24, 2.45) is 10.9 Å². The second-order valence-electron chi connectivity index (χ2n) is 5.95. The smallest absolute Gasteiger partial charge is 0.191 e. The van der Waals surface area contributed by atoms with Crippen molar-refractivity contribution in [1.29, 1.82) is 0 Å². The van der Waals surface area contributed by atoms with E-state index in [0.717, 1.165) is 25.0 Å². The molecule has 0 radical (unpaired) electrons. The molecule has 19 heavy (non-hydrogen) atoms. The Labute approximate surface area is 117 Å². The fraction of sp³-hybridized carbons (Fsp3) is 0.933. The maximum absolute atomic E-state index is 5.95. The van der Waals surface area contributed by atoms with Crippen molar-refractivity contribution in [3.63, 3.8) is 0 Å². The van der Waals surface area contributed by atoms with Crippen molar-refractivity contribution >= 4 is 5.96 Å². The molecule has 2 fully saturated rings. The summed E-state index contributed by atoms with van der Waals surface area (Å²) in [7, 11) is 1.83. The van der Waals surface area contributed by atoms with Gasteiger partial charge in [0, 0.05) is 19.6 Å². The highest BCUT2D eigenvalue weighted by atomic mass is 16.5. The minimum absolute atomic E-state index is 0.489. The molecular weight excluding hydrogens is 238 g/mol. The summed E-state index contributed by atoms with van der Waals surface area (Å²) in [5, 5.41) is 6.75. The molecule has 0 bridgehead atoms. The number of rotatable bonds is 5. The van der Waals surface area contributed by atoms with E-state index in [1.54, 1.807) is 0 Å². The number of ether oxygens (including phenoxy) is 1. The van der Waals surface area contributed by atoms with Crippen molar-refractivity contribution in [2.45, 2.75) is 64.0 Å². The number of hydrogen-bond acceptors (Lipinski definition) is 2. The highest BCUT2D eigenvalue weighted by Crippen LogP contribution is 2.28. The Balaban J connectivity index is 1.54. The summed E-state index contributed by atoms with van der Waals surface area (Å²) < 4.78 is 5.95. The summed E-state index contributed by atoms with van der Waals surface area (Å²) in [4.78, 5) is 4.24. The average molecular weight is 267 g/mol. The van der Waals surface area contributed by atoms with Crippen LogP contribution in [0.2, 0.25) is 0 Å². The van der Waals surface area contributed by atoms with E-state index in [9.17, 15) is 0 Å². The van der Waals surface area contributed by atoms with Crippen LogP contribution in [0.1, 0.15) is 51.9 Å². The average Bonchev–Trinajstić information content (AvgIpc) is 3.16. The first-order valence-electron chi connectivity index (χ1n) is 7.88. The quantitative estimate of drug-likeness (QED) is 0.348. The van der Waals surface area contributed by atoms with Crippen molar-refractivity contribution in [1.82, 2.24) is 10.6 Å². The first-order valence-corrected chi connectivity index (χ1v) is 7.88. The van der Waals surface area contributed by atoms with Gasteiger partial charge >= 0.3 is 0 Å². The third-order valence-corrected chi connectivity index (χ3v) is 4.21. The first kappa shape index (κ1) is 14.6. The third kappa shape index (κ3) is 5.39. The molecule has 110 valence electrons. The molecule has 0 heterocycles. The van der Waals surface area contributed by atoms with Gasteiger partial charge in [-0.2, -0.15) is 0 Å². The van der Waals surface area contributed by atoms with Gasteiger partial charge in [0.1, 0.15) is 0 Å². The van der Waals surface area contributed by atoms with Crippen LogP contribution in [0.15, 0.2) is 4.99 Å². The van der Waals surface area contributed by atoms with Crippen molar-refractivity contribution in [2.75, 3.05) is 20.2 Å². The van der Waals surface area contributed by atoms with E-state index in [4.69, 9.17) is 4.74 Å². The van der Waals surface area contributed by atoms with Crippen LogP contribution in [0.3, 0.4) is 0 Å². The summed E-state index contributed by atoms with van der Waals surface area (Å²) >= 11 is 0. The topological polar surface area (TPSA) is 45.7 Å². The molecule has 0 aromatic heterocycles. The maximum Gasteiger partial charge on any atom is 0.191 e. The summed E-state index contributed by atoms with van der Waals surface area (Å²) in [6.07, 6.45) is 9.67. The molecule has 2 aliphatic rings. The zero-order valence-corrected chi connectivity index (χ0v) is 12.5. The Bertz CT molecular complexity index is 285. The lowest BCUT2D eigenvalue weighted by molar-refractivity contribution is 0.0468. The van der Waals surface area contributed by atoms with Gasteiger partial charge in [-0.3, -0.25) is 4.99 Å². The van der Waals surface area contributed by atoms with E-state index < -0.39 is 0 Å². The molecule has 2 rings (SSSR count). The molecule has 2 unspecified atom stereocenters. The number of aliphatic imine (C=N–C) groups is 1. The molecule has 2 aliphatic carbocycles. The third-order valence-electron chi connectivity index (χ3n) is 4.21. The molecule has 0 saturated heterocycles. The van der Waals surface area contributed by atoms with Gasteiger partial charge in [0.05, 0.1) is 12.7 Å². The van der Waals surface area contributed by atoms with Gasteiger partial charge in [-0.25, -0.2) is 0 Å². The highest BCUT2D eigenvalue weighted by molar-refractivity contribution is 5.80. The van der Waals surface area contributed by atoms with Gasteiger partial charge in [0.2, 0.25) is 0 Å². The molecule has 0 amide bonds. The molecule has 2 saturated carbocycles. The van der Waals surface area contributed by atoms with E-state index in [-0.39, 0.29) is 0 Å². The molecule has 4 heteroatoms. The second-order valence-corrected chi connectivity index (χ2v) is 5.95. The number of nitrogens with zero attached hydrogens (tertiary/aromatic N) is 1.